The molecule has 0 amide bonds. The second-order valence-corrected chi connectivity index (χ2v) is 6.65. The molecule has 0 aromatic heterocycles. The lowest BCUT2D eigenvalue weighted by atomic mass is 10.1. The van der Waals surface area contributed by atoms with E-state index in [9.17, 15) is 13.2 Å². The van der Waals surface area contributed by atoms with Crippen LogP contribution in [0.4, 0.5) is 0 Å². The molecule has 0 bridgehead atoms. The van der Waals surface area contributed by atoms with Gasteiger partial charge < -0.3 is 5.11 Å². The minimum absolute atomic E-state index is 0.157. The van der Waals surface area contributed by atoms with Crippen LogP contribution >= 0.6 is 0 Å². The second kappa shape index (κ2) is 4.31. The summed E-state index contributed by atoms with van der Waals surface area (Å²) in [5, 5.41) is 8.69. The molecule has 0 aromatic rings. The summed E-state index contributed by atoms with van der Waals surface area (Å²) in [6.07, 6.45) is 1.47. The fourth-order valence-corrected chi connectivity index (χ4v) is 3.13. The summed E-state index contributed by atoms with van der Waals surface area (Å²) < 4.78 is 27.3. The zero-order valence-corrected chi connectivity index (χ0v) is 10.5. The summed E-state index contributed by atoms with van der Waals surface area (Å²) >= 11 is 0. The third-order valence-electron chi connectivity index (χ3n) is 1.99. The predicted molar refractivity (Wildman–Crippen MR) is 59.2 cm³/mol. The normalized spacial score (nSPS) is 17.8. The van der Waals surface area contributed by atoms with Crippen LogP contribution in [0.3, 0.4) is 0 Å². The van der Waals surface area contributed by atoms with E-state index in [-0.39, 0.29) is 6.04 Å². The van der Waals surface area contributed by atoms with Gasteiger partial charge in [0.2, 0.25) is 0 Å². The molecule has 0 saturated heterocycles. The van der Waals surface area contributed by atoms with Gasteiger partial charge in [0.05, 0.1) is 0 Å². The highest BCUT2D eigenvalue weighted by atomic mass is 32.2. The smallest absolute Gasteiger partial charge is 0.318 e. The molecular formula is C9H18N2O4S. The first kappa shape index (κ1) is 13.4. The molecule has 1 saturated carbocycles. The highest BCUT2D eigenvalue weighted by Crippen LogP contribution is 2.28. The van der Waals surface area contributed by atoms with Gasteiger partial charge in [0.25, 0.3) is 10.2 Å². The van der Waals surface area contributed by atoms with Crippen molar-refractivity contribution in [2.75, 3.05) is 6.54 Å². The van der Waals surface area contributed by atoms with E-state index in [1.807, 2.05) is 0 Å². The quantitative estimate of drug-likeness (QED) is 0.728. The Bertz CT molecular complexity index is 367. The first-order chi connectivity index (χ1) is 7.12. The lowest BCUT2D eigenvalue weighted by Gasteiger charge is -2.26. The lowest BCUT2D eigenvalue weighted by molar-refractivity contribution is -0.137. The highest BCUT2D eigenvalue weighted by molar-refractivity contribution is 7.87. The molecule has 1 aliphatic carbocycles. The van der Waals surface area contributed by atoms with Crippen molar-refractivity contribution < 1.29 is 18.3 Å². The van der Waals surface area contributed by atoms with Crippen LogP contribution in [0.1, 0.15) is 33.6 Å². The summed E-state index contributed by atoms with van der Waals surface area (Å²) in [7, 11) is -3.71. The zero-order chi connectivity index (χ0) is 12.6. The Morgan fingerprint density at radius 2 is 1.94 bits per heavy atom. The number of nitrogens with zero attached hydrogens (tertiary/aromatic N) is 1. The molecule has 1 aliphatic rings. The van der Waals surface area contributed by atoms with E-state index in [0.717, 1.165) is 17.1 Å². The first-order valence-electron chi connectivity index (χ1n) is 5.14. The number of rotatable bonds is 5. The minimum Gasteiger partial charge on any atom is -0.480 e. The monoisotopic (exact) mass is 250 g/mol. The van der Waals surface area contributed by atoms with Crippen molar-refractivity contribution >= 4 is 16.2 Å². The summed E-state index contributed by atoms with van der Waals surface area (Å²) in [6.45, 7) is 4.68. The number of nitrogens with one attached hydrogen (secondary N) is 1. The van der Waals surface area contributed by atoms with Gasteiger partial charge in [0, 0.05) is 11.6 Å². The third kappa shape index (κ3) is 4.07. The molecule has 0 aliphatic heterocycles. The fourth-order valence-electron chi connectivity index (χ4n) is 1.35. The van der Waals surface area contributed by atoms with Crippen LogP contribution in [0.15, 0.2) is 0 Å². The maximum Gasteiger partial charge on any atom is 0.318 e. The molecule has 0 unspecified atom stereocenters. The average Bonchev–Trinajstić information content (AvgIpc) is 2.76. The van der Waals surface area contributed by atoms with Gasteiger partial charge in [-0.25, -0.2) is 0 Å². The SMILES string of the molecule is CC(C)(C)NS(=O)(=O)N(CC(=O)O)C1CC1. The van der Waals surface area contributed by atoms with Crippen LogP contribution < -0.4 is 4.72 Å². The molecule has 0 heterocycles. The van der Waals surface area contributed by atoms with Gasteiger partial charge in [-0.2, -0.15) is 17.4 Å². The van der Waals surface area contributed by atoms with Crippen molar-refractivity contribution in [1.82, 2.24) is 9.03 Å². The molecule has 0 radical (unpaired) electrons. The second-order valence-electron chi connectivity index (χ2n) is 5.03. The standard InChI is InChI=1S/C9H18N2O4S/c1-9(2,3)10-16(14,15)11(6-8(12)13)7-4-5-7/h7,10H,4-6H2,1-3H3,(H,12,13). The number of carboxylic acids is 1. The van der Waals surface area contributed by atoms with E-state index in [1.165, 1.54) is 0 Å². The Labute approximate surface area is 95.8 Å². The Morgan fingerprint density at radius 3 is 2.25 bits per heavy atom. The van der Waals surface area contributed by atoms with E-state index in [0.29, 0.717) is 0 Å². The minimum atomic E-state index is -3.71. The van der Waals surface area contributed by atoms with E-state index < -0.39 is 28.3 Å². The van der Waals surface area contributed by atoms with Gasteiger partial charge in [0.15, 0.2) is 0 Å². The van der Waals surface area contributed by atoms with Crippen molar-refractivity contribution in [1.29, 1.82) is 0 Å². The molecule has 1 fully saturated rings. The molecule has 2 N–H and O–H groups in total. The van der Waals surface area contributed by atoms with Gasteiger partial charge in [0.1, 0.15) is 6.54 Å². The third-order valence-corrected chi connectivity index (χ3v) is 3.90. The number of aliphatic carboxylic acids is 1. The van der Waals surface area contributed by atoms with Crippen molar-refractivity contribution in [3.63, 3.8) is 0 Å². The Kier molecular flexibility index (Phi) is 3.61. The molecule has 0 atom stereocenters. The molecule has 6 nitrogen and oxygen atoms in total. The van der Waals surface area contributed by atoms with E-state index in [4.69, 9.17) is 5.11 Å². The maximum atomic E-state index is 11.9. The molecule has 0 aromatic carbocycles. The molecule has 94 valence electrons. The first-order valence-corrected chi connectivity index (χ1v) is 6.58. The van der Waals surface area contributed by atoms with Crippen LogP contribution in [0.2, 0.25) is 0 Å². The fraction of sp³-hybridized carbons (Fsp3) is 0.889. The van der Waals surface area contributed by atoms with Crippen LogP contribution in [0.25, 0.3) is 0 Å². The molecule has 0 spiro atoms. The Morgan fingerprint density at radius 1 is 1.44 bits per heavy atom. The van der Waals surface area contributed by atoms with Gasteiger partial charge >= 0.3 is 5.97 Å². The average molecular weight is 250 g/mol. The number of carboxylic acid groups (broad SMARTS) is 1. The maximum absolute atomic E-state index is 11.9. The van der Waals surface area contributed by atoms with E-state index >= 15 is 0 Å². The number of hydrogen-bond donors (Lipinski definition) is 2. The van der Waals surface area contributed by atoms with E-state index in [1.54, 1.807) is 20.8 Å². The van der Waals surface area contributed by atoms with Gasteiger partial charge in [-0.1, -0.05) is 0 Å². The number of hydrogen-bond acceptors (Lipinski definition) is 3. The van der Waals surface area contributed by atoms with Crippen molar-refractivity contribution in [2.45, 2.75) is 45.2 Å². The summed E-state index contributed by atoms with van der Waals surface area (Å²) in [6, 6.07) is -0.157. The van der Waals surface area contributed by atoms with Crippen molar-refractivity contribution in [3.8, 4) is 0 Å². The van der Waals surface area contributed by atoms with Crippen molar-refractivity contribution in [3.05, 3.63) is 0 Å². The molecule has 1 rings (SSSR count). The van der Waals surface area contributed by atoms with Crippen LogP contribution in [0.5, 0.6) is 0 Å². The van der Waals surface area contributed by atoms with Gasteiger partial charge in [-0.3, -0.25) is 4.79 Å². The van der Waals surface area contributed by atoms with Crippen LogP contribution in [-0.2, 0) is 15.0 Å². The van der Waals surface area contributed by atoms with Gasteiger partial charge in [-0.05, 0) is 33.6 Å². The van der Waals surface area contributed by atoms with Gasteiger partial charge in [-0.15, -0.1) is 0 Å². The largest absolute Gasteiger partial charge is 0.480 e. The summed E-state index contributed by atoms with van der Waals surface area (Å²) in [5.74, 6) is -1.13. The van der Waals surface area contributed by atoms with Crippen LogP contribution in [-0.4, -0.2) is 41.9 Å². The highest BCUT2D eigenvalue weighted by Gasteiger charge is 2.39. The molecule has 7 heteroatoms. The lowest BCUT2D eigenvalue weighted by Crippen LogP contribution is -2.51. The van der Waals surface area contributed by atoms with E-state index in [2.05, 4.69) is 4.72 Å². The van der Waals surface area contributed by atoms with Crippen LogP contribution in [0, 0.1) is 0 Å². The summed E-state index contributed by atoms with van der Waals surface area (Å²) in [4.78, 5) is 10.6. The topological polar surface area (TPSA) is 86.7 Å². The zero-order valence-electron chi connectivity index (χ0n) is 9.73. The number of carbonyl (C=O) groups is 1. The molecule has 16 heavy (non-hydrogen) atoms. The Hall–Kier alpha value is -0.660. The molecular weight excluding hydrogens is 232 g/mol. The summed E-state index contributed by atoms with van der Waals surface area (Å²) in [5.41, 5.74) is -0.607. The Balaban J connectivity index is 2.80. The predicted octanol–water partition coefficient (Wildman–Crippen LogP) is 0.168. The van der Waals surface area contributed by atoms with Crippen molar-refractivity contribution in [2.24, 2.45) is 0 Å².